The van der Waals surface area contributed by atoms with Crippen molar-refractivity contribution >= 4 is 49.8 Å². The molecule has 2 heterocycles. The Morgan fingerprint density at radius 3 is 2.54 bits per heavy atom. The first kappa shape index (κ1) is 18.3. The largest absolute Gasteiger partial charge is 0.309 e. The standard InChI is InChI=1S/C16H13ClN4O3S2/c17-12-6-7-14(19-10-12)20-15(22)11-21(16-18-8-9-25-16)26(23,24)13-4-2-1-3-5-13/h1-10H,11H2,(H,19,20,22). The summed E-state index contributed by atoms with van der Waals surface area (Å²) in [5, 5.41) is 4.82. The number of sulfonamides is 1. The van der Waals surface area contributed by atoms with Crippen molar-refractivity contribution in [1.29, 1.82) is 0 Å². The summed E-state index contributed by atoms with van der Waals surface area (Å²) < 4.78 is 26.9. The molecule has 0 aliphatic carbocycles. The summed E-state index contributed by atoms with van der Waals surface area (Å²) in [7, 11) is -3.94. The molecular formula is C16H13ClN4O3S2. The second-order valence-corrected chi connectivity index (χ2v) is 8.22. The van der Waals surface area contributed by atoms with E-state index in [0.29, 0.717) is 5.02 Å². The van der Waals surface area contributed by atoms with Gasteiger partial charge in [0.05, 0.1) is 9.92 Å². The van der Waals surface area contributed by atoms with Gasteiger partial charge >= 0.3 is 0 Å². The smallest absolute Gasteiger partial charge is 0.266 e. The number of amides is 1. The number of rotatable bonds is 6. The van der Waals surface area contributed by atoms with Gasteiger partial charge in [0, 0.05) is 17.8 Å². The minimum absolute atomic E-state index is 0.0765. The Balaban J connectivity index is 1.86. The maximum Gasteiger partial charge on any atom is 0.266 e. The van der Waals surface area contributed by atoms with E-state index in [-0.39, 0.29) is 15.8 Å². The average molecular weight is 409 g/mol. The third-order valence-electron chi connectivity index (χ3n) is 3.25. The van der Waals surface area contributed by atoms with Crippen molar-refractivity contribution in [2.24, 2.45) is 0 Å². The Morgan fingerprint density at radius 2 is 1.92 bits per heavy atom. The van der Waals surface area contributed by atoms with Gasteiger partial charge in [0.25, 0.3) is 10.0 Å². The summed E-state index contributed by atoms with van der Waals surface area (Å²) in [6.07, 6.45) is 2.86. The fourth-order valence-electron chi connectivity index (χ4n) is 2.08. The zero-order valence-electron chi connectivity index (χ0n) is 13.2. The third kappa shape index (κ3) is 4.18. The number of hydrogen-bond acceptors (Lipinski definition) is 6. The zero-order valence-corrected chi connectivity index (χ0v) is 15.6. The van der Waals surface area contributed by atoms with Crippen LogP contribution in [0.2, 0.25) is 5.02 Å². The van der Waals surface area contributed by atoms with Crippen LogP contribution < -0.4 is 9.62 Å². The van der Waals surface area contributed by atoms with E-state index in [1.807, 2.05) is 0 Å². The van der Waals surface area contributed by atoms with E-state index >= 15 is 0 Å². The van der Waals surface area contributed by atoms with E-state index in [0.717, 1.165) is 15.6 Å². The van der Waals surface area contributed by atoms with Crippen LogP contribution in [0, 0.1) is 0 Å². The molecule has 0 spiro atoms. The molecule has 0 aliphatic heterocycles. The van der Waals surface area contributed by atoms with Crippen LogP contribution in [0.1, 0.15) is 0 Å². The van der Waals surface area contributed by atoms with Gasteiger partial charge in [-0.1, -0.05) is 29.8 Å². The van der Waals surface area contributed by atoms with Gasteiger partial charge in [0.2, 0.25) is 5.91 Å². The van der Waals surface area contributed by atoms with Gasteiger partial charge in [-0.2, -0.15) is 0 Å². The van der Waals surface area contributed by atoms with Gasteiger partial charge in [-0.15, -0.1) is 11.3 Å². The first-order chi connectivity index (χ1) is 12.5. The highest BCUT2D eigenvalue weighted by atomic mass is 35.5. The van der Waals surface area contributed by atoms with E-state index in [2.05, 4.69) is 15.3 Å². The molecule has 7 nitrogen and oxygen atoms in total. The number of pyridine rings is 1. The summed E-state index contributed by atoms with van der Waals surface area (Å²) >= 11 is 6.88. The van der Waals surface area contributed by atoms with Crippen LogP contribution >= 0.6 is 22.9 Å². The van der Waals surface area contributed by atoms with Crippen LogP contribution in [0.3, 0.4) is 0 Å². The van der Waals surface area contributed by atoms with Crippen molar-refractivity contribution in [2.75, 3.05) is 16.2 Å². The normalized spacial score (nSPS) is 11.1. The Morgan fingerprint density at radius 1 is 1.15 bits per heavy atom. The number of anilines is 2. The fourth-order valence-corrected chi connectivity index (χ4v) is 4.45. The second-order valence-electron chi connectivity index (χ2n) is 5.05. The fraction of sp³-hybridized carbons (Fsp3) is 0.0625. The molecule has 0 unspecified atom stereocenters. The molecule has 2 aromatic heterocycles. The van der Waals surface area contributed by atoms with E-state index < -0.39 is 22.5 Å². The van der Waals surface area contributed by atoms with Crippen molar-refractivity contribution in [3.05, 3.63) is 65.3 Å². The molecule has 0 aliphatic rings. The molecule has 1 N–H and O–H groups in total. The lowest BCUT2D eigenvalue weighted by Gasteiger charge is -2.21. The van der Waals surface area contributed by atoms with Crippen LogP contribution in [0.25, 0.3) is 0 Å². The maximum atomic E-state index is 12.9. The number of thiazole rings is 1. The number of halogens is 1. The number of nitrogens with zero attached hydrogens (tertiary/aromatic N) is 3. The van der Waals surface area contributed by atoms with Gasteiger partial charge in [-0.3, -0.25) is 4.79 Å². The second kappa shape index (κ2) is 7.81. The molecule has 0 fully saturated rings. The lowest BCUT2D eigenvalue weighted by Crippen LogP contribution is -2.38. The monoisotopic (exact) mass is 408 g/mol. The number of carbonyl (C=O) groups is 1. The van der Waals surface area contributed by atoms with Crippen molar-refractivity contribution < 1.29 is 13.2 Å². The van der Waals surface area contributed by atoms with Gasteiger partial charge in [-0.25, -0.2) is 22.7 Å². The quantitative estimate of drug-likeness (QED) is 0.676. The summed E-state index contributed by atoms with van der Waals surface area (Å²) in [6.45, 7) is -0.435. The first-order valence-corrected chi connectivity index (χ1v) is 10.1. The van der Waals surface area contributed by atoms with Crippen molar-refractivity contribution in [1.82, 2.24) is 9.97 Å². The SMILES string of the molecule is O=C(CN(c1nccs1)S(=O)(=O)c1ccccc1)Nc1ccc(Cl)cn1. The van der Waals surface area contributed by atoms with Crippen LogP contribution in [0.5, 0.6) is 0 Å². The molecule has 3 rings (SSSR count). The summed E-state index contributed by atoms with van der Waals surface area (Å²) in [5.74, 6) is -0.273. The van der Waals surface area contributed by atoms with Crippen molar-refractivity contribution in [3.63, 3.8) is 0 Å². The molecule has 0 atom stereocenters. The average Bonchev–Trinajstić information content (AvgIpc) is 3.16. The van der Waals surface area contributed by atoms with Gasteiger partial charge < -0.3 is 5.32 Å². The minimum atomic E-state index is -3.94. The third-order valence-corrected chi connectivity index (χ3v) is 6.13. The van der Waals surface area contributed by atoms with Crippen molar-refractivity contribution in [2.45, 2.75) is 4.90 Å². The maximum absolute atomic E-state index is 12.9. The predicted octanol–water partition coefficient (Wildman–Crippen LogP) is 3.03. The number of nitrogens with one attached hydrogen (secondary N) is 1. The topological polar surface area (TPSA) is 92.3 Å². The number of carbonyl (C=O) groups excluding carboxylic acids is 1. The predicted molar refractivity (Wildman–Crippen MR) is 101 cm³/mol. The molecule has 0 saturated heterocycles. The zero-order chi connectivity index (χ0) is 18.6. The van der Waals surface area contributed by atoms with Gasteiger partial charge in [0.15, 0.2) is 5.13 Å². The molecule has 1 amide bonds. The van der Waals surface area contributed by atoms with E-state index in [1.54, 1.807) is 29.6 Å². The number of benzene rings is 1. The number of hydrogen-bond donors (Lipinski definition) is 1. The van der Waals surface area contributed by atoms with Crippen LogP contribution in [0.15, 0.2) is 65.1 Å². The lowest BCUT2D eigenvalue weighted by atomic mass is 10.4. The molecule has 10 heteroatoms. The molecule has 3 aromatic rings. The Kier molecular flexibility index (Phi) is 5.50. The van der Waals surface area contributed by atoms with E-state index in [9.17, 15) is 13.2 Å². The number of aromatic nitrogens is 2. The minimum Gasteiger partial charge on any atom is -0.309 e. The Hall–Kier alpha value is -2.49. The van der Waals surface area contributed by atoms with E-state index in [1.165, 1.54) is 30.6 Å². The molecule has 1 aromatic carbocycles. The van der Waals surface area contributed by atoms with Crippen LogP contribution in [-0.4, -0.2) is 30.8 Å². The van der Waals surface area contributed by atoms with E-state index in [4.69, 9.17) is 11.6 Å². The highest BCUT2D eigenvalue weighted by Gasteiger charge is 2.28. The van der Waals surface area contributed by atoms with Gasteiger partial charge in [-0.05, 0) is 24.3 Å². The molecular weight excluding hydrogens is 396 g/mol. The molecule has 0 radical (unpaired) electrons. The summed E-state index contributed by atoms with van der Waals surface area (Å²) in [5.41, 5.74) is 0. The molecule has 134 valence electrons. The first-order valence-electron chi connectivity index (χ1n) is 7.35. The highest BCUT2D eigenvalue weighted by molar-refractivity contribution is 7.93. The Labute approximate surface area is 159 Å². The summed E-state index contributed by atoms with van der Waals surface area (Å²) in [6, 6.07) is 11.0. The van der Waals surface area contributed by atoms with Crippen LogP contribution in [0.4, 0.5) is 10.9 Å². The lowest BCUT2D eigenvalue weighted by molar-refractivity contribution is -0.114. The van der Waals surface area contributed by atoms with Crippen molar-refractivity contribution in [3.8, 4) is 0 Å². The highest BCUT2D eigenvalue weighted by Crippen LogP contribution is 2.25. The van der Waals surface area contributed by atoms with Gasteiger partial charge in [0.1, 0.15) is 12.4 Å². The molecule has 0 saturated carbocycles. The molecule has 26 heavy (non-hydrogen) atoms. The Bertz CT molecular complexity index is 978. The molecule has 0 bridgehead atoms. The summed E-state index contributed by atoms with van der Waals surface area (Å²) in [4.78, 5) is 20.4. The van der Waals surface area contributed by atoms with Crippen LogP contribution in [-0.2, 0) is 14.8 Å².